The molecule has 1 atom stereocenters. The first-order valence-corrected chi connectivity index (χ1v) is 6.88. The number of hydrogen-bond acceptors (Lipinski definition) is 4. The summed E-state index contributed by atoms with van der Waals surface area (Å²) in [5, 5.41) is 0.895. The van der Waals surface area contributed by atoms with Crippen LogP contribution in [-0.2, 0) is 26.4 Å². The van der Waals surface area contributed by atoms with E-state index in [1.54, 1.807) is 30.3 Å². The van der Waals surface area contributed by atoms with Gasteiger partial charge >= 0.3 is 10.3 Å². The lowest BCUT2D eigenvalue weighted by Gasteiger charge is -2.21. The molecule has 0 aromatic heterocycles. The Balaban J connectivity index is 2.90. The van der Waals surface area contributed by atoms with Crippen LogP contribution in [0.15, 0.2) is 30.3 Å². The Morgan fingerprint density at radius 2 is 2.00 bits per heavy atom. The summed E-state index contributed by atoms with van der Waals surface area (Å²) in [7, 11) is -1.85. The van der Waals surface area contributed by atoms with Crippen LogP contribution >= 0.6 is 0 Å². The van der Waals surface area contributed by atoms with E-state index in [4.69, 9.17) is 9.39 Å². The third-order valence-corrected chi connectivity index (χ3v) is 3.04. The number of amides is 1. The third-order valence-electron chi connectivity index (χ3n) is 2.46. The van der Waals surface area contributed by atoms with Crippen LogP contribution in [0.5, 0.6) is 0 Å². The molecule has 0 unspecified atom stereocenters. The van der Waals surface area contributed by atoms with Crippen LogP contribution in [0.4, 0.5) is 0 Å². The molecule has 2 N–H and O–H groups in total. The van der Waals surface area contributed by atoms with E-state index in [0.717, 1.165) is 10.6 Å². The lowest BCUT2D eigenvalue weighted by molar-refractivity contribution is -0.170. The van der Waals surface area contributed by atoms with Gasteiger partial charge in [-0.3, -0.25) is 14.2 Å². The second-order valence-electron chi connectivity index (χ2n) is 3.85. The topological polar surface area (TPSA) is 95.9 Å². The number of rotatable bonds is 6. The van der Waals surface area contributed by atoms with Crippen molar-refractivity contribution in [3.05, 3.63) is 35.9 Å². The Morgan fingerprint density at radius 3 is 2.47 bits per heavy atom. The zero-order valence-corrected chi connectivity index (χ0v) is 11.4. The van der Waals surface area contributed by atoms with Gasteiger partial charge in [0.1, 0.15) is 6.04 Å². The molecule has 7 nitrogen and oxygen atoms in total. The summed E-state index contributed by atoms with van der Waals surface area (Å²) in [6.07, 6.45) is 0.104. The summed E-state index contributed by atoms with van der Waals surface area (Å²) < 4.78 is 32.5. The molecule has 0 bridgehead atoms. The Morgan fingerprint density at radius 1 is 1.42 bits per heavy atom. The second-order valence-corrected chi connectivity index (χ2v) is 5.04. The van der Waals surface area contributed by atoms with Gasteiger partial charge in [0.05, 0.1) is 7.11 Å². The Kier molecular flexibility index (Phi) is 5.43. The van der Waals surface area contributed by atoms with Gasteiger partial charge in [-0.15, -0.1) is 0 Å². The number of nitrogens with one attached hydrogen (secondary N) is 1. The van der Waals surface area contributed by atoms with Crippen molar-refractivity contribution >= 4 is 16.2 Å². The average molecular weight is 288 g/mol. The first-order chi connectivity index (χ1) is 8.83. The molecular weight excluding hydrogens is 272 g/mol. The Bertz CT molecular complexity index is 517. The van der Waals surface area contributed by atoms with Gasteiger partial charge in [-0.2, -0.15) is 13.1 Å². The minimum atomic E-state index is -4.48. The quantitative estimate of drug-likeness (QED) is 0.568. The first kappa shape index (κ1) is 15.6. The molecule has 1 aromatic rings. The number of hydrogen-bond donors (Lipinski definition) is 2. The highest BCUT2D eigenvalue weighted by atomic mass is 32.2. The third kappa shape index (κ3) is 5.35. The molecule has 0 fully saturated rings. The molecule has 0 saturated carbocycles. The maximum absolute atomic E-state index is 11.9. The zero-order valence-electron chi connectivity index (χ0n) is 10.6. The van der Waals surface area contributed by atoms with Gasteiger partial charge in [0.2, 0.25) is 0 Å². The zero-order chi connectivity index (χ0) is 14.5. The smallest absolute Gasteiger partial charge is 0.275 e. The van der Waals surface area contributed by atoms with Gasteiger partial charge in [-0.25, -0.2) is 5.06 Å². The van der Waals surface area contributed by atoms with E-state index >= 15 is 0 Å². The van der Waals surface area contributed by atoms with E-state index in [2.05, 4.69) is 0 Å². The summed E-state index contributed by atoms with van der Waals surface area (Å²) in [6, 6.07) is 7.70. The largest absolute Gasteiger partial charge is 0.334 e. The summed E-state index contributed by atoms with van der Waals surface area (Å²) in [6.45, 7) is 0. The predicted molar refractivity (Wildman–Crippen MR) is 68.4 cm³/mol. The van der Waals surface area contributed by atoms with Gasteiger partial charge in [-0.05, 0) is 12.0 Å². The van der Waals surface area contributed by atoms with Crippen molar-refractivity contribution in [1.82, 2.24) is 9.79 Å². The van der Waals surface area contributed by atoms with Crippen LogP contribution in [0.3, 0.4) is 0 Å². The lowest BCUT2D eigenvalue weighted by Crippen LogP contribution is -2.48. The maximum Gasteiger partial charge on any atom is 0.334 e. The van der Waals surface area contributed by atoms with Crippen molar-refractivity contribution in [3.63, 3.8) is 0 Å². The molecule has 0 radical (unpaired) electrons. The number of nitrogens with zero attached hydrogens (tertiary/aromatic N) is 1. The van der Waals surface area contributed by atoms with E-state index in [1.165, 1.54) is 14.2 Å². The monoisotopic (exact) mass is 288 g/mol. The predicted octanol–water partition coefficient (Wildman–Crippen LogP) is 0.00990. The van der Waals surface area contributed by atoms with Crippen molar-refractivity contribution in [2.75, 3.05) is 14.2 Å². The van der Waals surface area contributed by atoms with Crippen molar-refractivity contribution in [3.8, 4) is 0 Å². The van der Waals surface area contributed by atoms with Gasteiger partial charge in [0.15, 0.2) is 0 Å². The van der Waals surface area contributed by atoms with Crippen molar-refractivity contribution in [2.24, 2.45) is 0 Å². The van der Waals surface area contributed by atoms with Crippen molar-refractivity contribution < 1.29 is 22.6 Å². The molecule has 1 aromatic carbocycles. The highest BCUT2D eigenvalue weighted by molar-refractivity contribution is 7.83. The number of carbonyl (C=O) groups excluding carboxylic acids is 1. The number of likely N-dealkylation sites (N-methyl/N-ethyl adjacent to an activating group) is 1. The van der Waals surface area contributed by atoms with Crippen molar-refractivity contribution in [2.45, 2.75) is 12.5 Å². The van der Waals surface area contributed by atoms with Gasteiger partial charge < -0.3 is 0 Å². The minimum Gasteiger partial charge on any atom is -0.275 e. The van der Waals surface area contributed by atoms with Crippen LogP contribution in [0.2, 0.25) is 0 Å². The van der Waals surface area contributed by atoms with E-state index in [-0.39, 0.29) is 6.42 Å². The Labute approximate surface area is 112 Å². The molecule has 0 aliphatic heterocycles. The maximum atomic E-state index is 11.9. The summed E-state index contributed by atoms with van der Waals surface area (Å²) in [5.41, 5.74) is 0.751. The minimum absolute atomic E-state index is 0.104. The highest BCUT2D eigenvalue weighted by Gasteiger charge is 2.26. The molecule has 0 saturated heterocycles. The summed E-state index contributed by atoms with van der Waals surface area (Å²) >= 11 is 0. The van der Waals surface area contributed by atoms with E-state index in [0.29, 0.717) is 0 Å². The van der Waals surface area contributed by atoms with Gasteiger partial charge in [-0.1, -0.05) is 30.3 Å². The van der Waals surface area contributed by atoms with Crippen LogP contribution in [0.1, 0.15) is 5.56 Å². The molecule has 0 spiro atoms. The van der Waals surface area contributed by atoms with Gasteiger partial charge in [0.25, 0.3) is 5.91 Å². The average Bonchev–Trinajstić information content (AvgIpc) is 2.36. The fraction of sp³-hybridized carbons (Fsp3) is 0.364. The Hall–Kier alpha value is -1.48. The van der Waals surface area contributed by atoms with E-state index in [9.17, 15) is 13.2 Å². The molecule has 8 heteroatoms. The molecule has 0 heterocycles. The van der Waals surface area contributed by atoms with E-state index < -0.39 is 22.3 Å². The summed E-state index contributed by atoms with van der Waals surface area (Å²) in [5.74, 6) is -0.607. The van der Waals surface area contributed by atoms with Crippen LogP contribution in [0, 0.1) is 0 Å². The summed E-state index contributed by atoms with van der Waals surface area (Å²) in [4.78, 5) is 16.6. The number of carbonyl (C=O) groups is 1. The number of benzene rings is 1. The normalized spacial score (nSPS) is 13.0. The molecular formula is C11H16N2O5S. The number of hydroxylamine groups is 2. The lowest BCUT2D eigenvalue weighted by atomic mass is 10.1. The van der Waals surface area contributed by atoms with Crippen LogP contribution in [0.25, 0.3) is 0 Å². The molecule has 106 valence electrons. The SMILES string of the molecule is CON(C)C(=O)[C@H](Cc1ccccc1)NS(=O)(=O)O. The fourth-order valence-corrected chi connectivity index (χ4v) is 2.06. The molecule has 1 amide bonds. The molecule has 0 aliphatic rings. The molecule has 0 aliphatic carbocycles. The molecule has 19 heavy (non-hydrogen) atoms. The standard InChI is InChI=1S/C11H16N2O5S/c1-13(18-2)11(14)10(12-19(15,16)17)8-9-6-4-3-5-7-9/h3-7,10,12H,8H2,1-2H3,(H,15,16,17)/t10-/m0/s1. The van der Waals surface area contributed by atoms with Crippen molar-refractivity contribution in [1.29, 1.82) is 0 Å². The fourth-order valence-electron chi connectivity index (χ4n) is 1.52. The first-order valence-electron chi connectivity index (χ1n) is 5.44. The second kappa shape index (κ2) is 6.62. The molecule has 1 rings (SSSR count). The van der Waals surface area contributed by atoms with Crippen LogP contribution < -0.4 is 4.72 Å². The van der Waals surface area contributed by atoms with Crippen LogP contribution in [-0.4, -0.2) is 44.1 Å². The van der Waals surface area contributed by atoms with E-state index in [1.807, 2.05) is 4.72 Å². The highest BCUT2D eigenvalue weighted by Crippen LogP contribution is 2.06. The van der Waals surface area contributed by atoms with Gasteiger partial charge in [0, 0.05) is 7.05 Å².